The first-order valence-electron chi connectivity index (χ1n) is 17.7. The molecule has 0 unspecified atom stereocenters. The summed E-state index contributed by atoms with van der Waals surface area (Å²) in [5, 5.41) is 67.6. The molecule has 0 radical (unpaired) electrons. The summed E-state index contributed by atoms with van der Waals surface area (Å²) in [4.78, 5) is 75.2. The van der Waals surface area contributed by atoms with Crippen molar-refractivity contribution >= 4 is 69.3 Å². The van der Waals surface area contributed by atoms with Crippen LogP contribution in [0.3, 0.4) is 0 Å². The number of likely N-dealkylation sites (N-methyl/N-ethyl adjacent to an activating group) is 2. The minimum Gasteiger partial charge on any atom is -0.488 e. The Balaban J connectivity index is 0.000000219. The number of carbonyl (C=O) groups is 4. The normalized spacial score (nSPS) is 32.8. The fourth-order valence-corrected chi connectivity index (χ4v) is 10.0. The zero-order chi connectivity index (χ0) is 43.1. The number of hydrogen-bond acceptors (Lipinski definition) is 23. The van der Waals surface area contributed by atoms with Crippen LogP contribution in [0.2, 0.25) is 0 Å². The highest BCUT2D eigenvalue weighted by atomic mass is 32.2. The molecule has 7 rings (SSSR count). The molecule has 4 aliphatic heterocycles. The molecule has 5 aliphatic rings. The summed E-state index contributed by atoms with van der Waals surface area (Å²) in [6.45, 7) is 1.70. The number of aliphatic carboxylic acids is 1. The number of rotatable bonds is 10. The first-order chi connectivity index (χ1) is 27.9. The number of carbonyl (C=O) groups excluding carboxylic acids is 3. The molecule has 1 saturated carbocycles. The summed E-state index contributed by atoms with van der Waals surface area (Å²) >= 11 is 3.41. The van der Waals surface area contributed by atoms with Crippen LogP contribution in [-0.4, -0.2) is 178 Å². The van der Waals surface area contributed by atoms with Gasteiger partial charge in [-0.3, -0.25) is 24.1 Å². The number of aliphatic hydroxyl groups excluding tert-OH is 2. The molecule has 322 valence electrons. The van der Waals surface area contributed by atoms with Crippen molar-refractivity contribution in [1.29, 1.82) is 0 Å². The van der Waals surface area contributed by atoms with Crippen molar-refractivity contribution in [3.8, 4) is 5.88 Å². The molecular formula is C32H42N10O14S3. The van der Waals surface area contributed by atoms with E-state index in [2.05, 4.69) is 36.2 Å². The second kappa shape index (κ2) is 17.7. The number of hydrogen-bond donors (Lipinski definition) is 9. The molecule has 2 amide bonds. The molecule has 27 heteroatoms. The lowest BCUT2D eigenvalue weighted by atomic mass is 9.80. The maximum atomic E-state index is 12.9. The second-order valence-corrected chi connectivity index (χ2v) is 16.6. The fraction of sp³-hybridized carbons (Fsp3) is 0.594. The molecule has 59 heavy (non-hydrogen) atoms. The van der Waals surface area contributed by atoms with Crippen LogP contribution in [0.1, 0.15) is 19.0 Å². The number of Topliss-reactive ketones (excluding diaryl/α,β-unsaturated/α-hetero) is 1. The van der Waals surface area contributed by atoms with Crippen LogP contribution in [0.5, 0.6) is 5.88 Å². The van der Waals surface area contributed by atoms with Crippen LogP contribution in [0.25, 0.3) is 0 Å². The number of carboxylic acids is 1. The molecule has 0 aromatic carbocycles. The van der Waals surface area contributed by atoms with E-state index >= 15 is 0 Å². The molecule has 24 nitrogen and oxygen atoms in total. The third-order valence-corrected chi connectivity index (χ3v) is 13.0. The van der Waals surface area contributed by atoms with Crippen molar-refractivity contribution in [2.75, 3.05) is 38.4 Å². The number of aromatic nitrogens is 4. The number of aromatic hydroxyl groups is 1. The van der Waals surface area contributed by atoms with Gasteiger partial charge in [0.15, 0.2) is 21.8 Å². The van der Waals surface area contributed by atoms with Gasteiger partial charge in [-0.25, -0.2) is 14.5 Å². The second-order valence-electron chi connectivity index (χ2n) is 13.6. The van der Waals surface area contributed by atoms with Crippen LogP contribution in [0.4, 0.5) is 5.13 Å². The van der Waals surface area contributed by atoms with E-state index in [1.165, 1.54) is 36.0 Å². The molecule has 2 aromatic rings. The Labute approximate surface area is 346 Å². The van der Waals surface area contributed by atoms with Gasteiger partial charge in [0, 0.05) is 30.4 Å². The topological polar surface area (TPSA) is 345 Å². The van der Waals surface area contributed by atoms with Gasteiger partial charge in [0.05, 0.1) is 24.3 Å². The maximum Gasteiger partial charge on any atom is 0.352 e. The van der Waals surface area contributed by atoms with Gasteiger partial charge < -0.3 is 66.3 Å². The summed E-state index contributed by atoms with van der Waals surface area (Å²) in [5.74, 6) is -5.80. The summed E-state index contributed by atoms with van der Waals surface area (Å²) < 4.78 is 18.0. The lowest BCUT2D eigenvalue weighted by Crippen LogP contribution is -2.77. The van der Waals surface area contributed by atoms with Crippen LogP contribution >= 0.6 is 34.9 Å². The number of nitrogens with one attached hydrogen (secondary N) is 3. The summed E-state index contributed by atoms with van der Waals surface area (Å²) in [6, 6.07) is -2.29. The van der Waals surface area contributed by atoms with Gasteiger partial charge in [0.25, 0.3) is 23.5 Å². The van der Waals surface area contributed by atoms with E-state index in [1.54, 1.807) is 21.0 Å². The largest absolute Gasteiger partial charge is 0.488 e. The average Bonchev–Trinajstić information content (AvgIpc) is 3.62. The van der Waals surface area contributed by atoms with E-state index in [4.69, 9.17) is 24.8 Å². The number of aryl methyl sites for hydroxylation is 1. The van der Waals surface area contributed by atoms with Crippen molar-refractivity contribution < 1.29 is 63.8 Å². The average molecular weight is 887 g/mol. The predicted molar refractivity (Wildman–Crippen MR) is 206 cm³/mol. The number of fused-ring (bicyclic) bond motifs is 3. The van der Waals surface area contributed by atoms with E-state index in [-0.39, 0.29) is 45.3 Å². The van der Waals surface area contributed by atoms with E-state index in [9.17, 15) is 49.5 Å². The molecule has 0 bridgehead atoms. The van der Waals surface area contributed by atoms with Gasteiger partial charge in [0.2, 0.25) is 6.29 Å². The summed E-state index contributed by atoms with van der Waals surface area (Å²) in [6.07, 6.45) is -5.58. The number of nitrogen functional groups attached to an aromatic ring is 1. The monoisotopic (exact) mass is 886 g/mol. The SMILES string of the molecule is CN[C@@H]1[C@H](O)[C@H](NC)[C@H]2O[C@@]3(O)C(=O)C[C@@H](C)O[C@H]3O[C@@H]2[C@H]1O.CO/N=C(\C(=O)N[C@@H]1C(=O)N2C(C(=O)O)=C(CSc3nc(=O)c(O)nn3C)CS[C@H]12)c1csc(N)n1. The maximum absolute atomic E-state index is 12.9. The Bertz CT molecular complexity index is 2100. The number of thioether (sulfide) groups is 2. The molecular weight excluding hydrogens is 845 g/mol. The van der Waals surface area contributed by atoms with Gasteiger partial charge in [-0.2, -0.15) is 4.98 Å². The van der Waals surface area contributed by atoms with Crippen molar-refractivity contribution in [2.24, 2.45) is 12.2 Å². The number of nitrogens with zero attached hydrogens (tertiary/aromatic N) is 6. The van der Waals surface area contributed by atoms with Gasteiger partial charge in [-0.1, -0.05) is 16.9 Å². The molecule has 4 fully saturated rings. The van der Waals surface area contributed by atoms with Gasteiger partial charge in [0.1, 0.15) is 48.2 Å². The highest BCUT2D eigenvalue weighted by molar-refractivity contribution is 8.01. The number of anilines is 1. The van der Waals surface area contributed by atoms with Crippen LogP contribution < -0.4 is 27.2 Å². The first-order valence-corrected chi connectivity index (χ1v) is 20.6. The molecule has 3 saturated heterocycles. The number of ether oxygens (including phenoxy) is 3. The van der Waals surface area contributed by atoms with Gasteiger partial charge >= 0.3 is 11.5 Å². The lowest BCUT2D eigenvalue weighted by molar-refractivity contribution is -0.420. The lowest BCUT2D eigenvalue weighted by Gasteiger charge is -2.55. The Morgan fingerprint density at radius 1 is 1.14 bits per heavy atom. The Kier molecular flexibility index (Phi) is 13.3. The Hall–Kier alpha value is -4.29. The van der Waals surface area contributed by atoms with Crippen molar-refractivity contribution in [2.45, 2.75) is 84.6 Å². The zero-order valence-electron chi connectivity index (χ0n) is 31.9. The Morgan fingerprint density at radius 2 is 1.85 bits per heavy atom. The number of thiazole rings is 1. The molecule has 0 spiro atoms. The van der Waals surface area contributed by atoms with E-state index < -0.39 is 101 Å². The predicted octanol–water partition coefficient (Wildman–Crippen LogP) is -4.12. The van der Waals surface area contributed by atoms with Gasteiger partial charge in [-0.15, -0.1) is 28.2 Å². The van der Waals surface area contributed by atoms with Crippen LogP contribution in [0, 0.1) is 0 Å². The number of ketones is 1. The summed E-state index contributed by atoms with van der Waals surface area (Å²) in [7, 11) is 5.96. The molecule has 6 heterocycles. The molecule has 2 aromatic heterocycles. The minimum atomic E-state index is -2.23. The smallest absolute Gasteiger partial charge is 0.352 e. The zero-order valence-corrected chi connectivity index (χ0v) is 34.3. The van der Waals surface area contributed by atoms with Crippen LogP contribution in [-0.2, 0) is 45.3 Å². The van der Waals surface area contributed by atoms with Gasteiger partial charge in [-0.05, 0) is 26.6 Å². The van der Waals surface area contributed by atoms with Crippen molar-refractivity contribution in [1.82, 2.24) is 40.6 Å². The molecule has 11 atom stereocenters. The number of nitrogens with two attached hydrogens (primary N) is 1. The van der Waals surface area contributed by atoms with E-state index in [1.807, 2.05) is 0 Å². The highest BCUT2D eigenvalue weighted by Gasteiger charge is 2.63. The van der Waals surface area contributed by atoms with E-state index in [0.29, 0.717) is 5.57 Å². The van der Waals surface area contributed by atoms with E-state index in [0.717, 1.165) is 28.0 Å². The first kappa shape index (κ1) is 44.3. The van der Waals surface area contributed by atoms with Crippen LogP contribution in [0.15, 0.2) is 31.8 Å². The summed E-state index contributed by atoms with van der Waals surface area (Å²) in [5.41, 5.74) is 4.94. The standard InChI is InChI=1S/C18H18N8O7S3.C14H24N2O7/c1-25-18(22-12(28)13(29)23-25)36-4-6-3-34-15-9(14(30)26(15)10(6)16(31)32)21-11(27)8(24-33-2)7-5-35-17(19)20-7;1-5-4-6(17)14(20)13(21-5)22-12-10(19)7(15-2)9(18)8(16-3)11(12)23-14/h5,9,15H,3-4H2,1-2H3,(H2,19,20)(H,21,27)(H,23,29)(H,31,32);5,7-13,15-16,18-20H,4H2,1-3H3/b24-8-;/t9-,15-;5-,7-,8+,9+,10+,11-,12-,13+,14+/m11/s1. The number of oxime groups is 1. The number of aliphatic hydroxyl groups is 3. The quantitative estimate of drug-likeness (QED) is 0.0473. The number of amides is 2. The third kappa shape index (κ3) is 8.41. The van der Waals surface area contributed by atoms with Crippen molar-refractivity contribution in [3.63, 3.8) is 0 Å². The number of carboxylic acid groups (broad SMARTS) is 1. The highest BCUT2D eigenvalue weighted by Crippen LogP contribution is 2.42. The minimum absolute atomic E-state index is 0.00220. The van der Waals surface area contributed by atoms with Crippen molar-refractivity contribution in [3.05, 3.63) is 32.7 Å². The molecule has 10 N–H and O–H groups in total. The number of β-lactam (4-membered cyclic amide) rings is 1. The fourth-order valence-electron chi connectivity index (χ4n) is 7.09. The Morgan fingerprint density at radius 3 is 2.47 bits per heavy atom. The molecule has 1 aliphatic carbocycles. The third-order valence-electron chi connectivity index (χ3n) is 9.91.